The molecule has 0 aliphatic rings. The molecule has 0 atom stereocenters. The minimum absolute atomic E-state index is 0.0299. The summed E-state index contributed by atoms with van der Waals surface area (Å²) >= 11 is 0. The number of nitrogens with zero attached hydrogens (tertiary/aromatic N) is 1. The van der Waals surface area contributed by atoms with Crippen LogP contribution in [0.5, 0.6) is 0 Å². The van der Waals surface area contributed by atoms with Crippen LogP contribution in [0.3, 0.4) is 0 Å². The van der Waals surface area contributed by atoms with Crippen molar-refractivity contribution >= 4 is 5.57 Å². The normalized spacial score (nSPS) is 12.2. The van der Waals surface area contributed by atoms with Gasteiger partial charge < -0.3 is 9.67 Å². The first-order valence-electron chi connectivity index (χ1n) is 4.67. The molecule has 3 heteroatoms. The Morgan fingerprint density at radius 3 is 2.60 bits per heavy atom. The summed E-state index contributed by atoms with van der Waals surface area (Å²) in [5.74, 6) is 0.197. The van der Waals surface area contributed by atoms with E-state index in [1.165, 1.54) is 4.57 Å². The van der Waals surface area contributed by atoms with E-state index in [0.717, 1.165) is 5.56 Å². The van der Waals surface area contributed by atoms with Gasteiger partial charge in [0.15, 0.2) is 0 Å². The monoisotopic (exact) mass is 205 g/mol. The van der Waals surface area contributed by atoms with Crippen LogP contribution in [-0.2, 0) is 7.05 Å². The molecule has 80 valence electrons. The number of allylic oxidation sites excluding steroid dienone is 3. The maximum atomic E-state index is 11.5. The lowest BCUT2D eigenvalue weighted by Crippen LogP contribution is -2.19. The molecule has 0 aliphatic carbocycles. The highest BCUT2D eigenvalue weighted by Gasteiger charge is 2.05. The molecule has 1 N–H and O–H groups in total. The third kappa shape index (κ3) is 2.18. The summed E-state index contributed by atoms with van der Waals surface area (Å²) in [6, 6.07) is 1.75. The van der Waals surface area contributed by atoms with E-state index in [0.29, 0.717) is 11.1 Å². The zero-order valence-electron chi connectivity index (χ0n) is 9.24. The van der Waals surface area contributed by atoms with Gasteiger partial charge in [-0.05, 0) is 19.9 Å². The first-order chi connectivity index (χ1) is 6.97. The molecule has 0 aliphatic heterocycles. The topological polar surface area (TPSA) is 42.2 Å². The predicted octanol–water partition coefficient (Wildman–Crippen LogP) is 2.17. The van der Waals surface area contributed by atoms with E-state index in [1.807, 2.05) is 0 Å². The number of pyridine rings is 1. The molecule has 15 heavy (non-hydrogen) atoms. The lowest BCUT2D eigenvalue weighted by atomic mass is 10.1. The molecule has 3 nitrogen and oxygen atoms in total. The molecule has 1 heterocycles. The van der Waals surface area contributed by atoms with E-state index in [-0.39, 0.29) is 11.3 Å². The Bertz CT molecular complexity index is 451. The predicted molar refractivity (Wildman–Crippen MR) is 61.8 cm³/mol. The Morgan fingerprint density at radius 1 is 1.60 bits per heavy atom. The fourth-order valence-corrected chi connectivity index (χ4v) is 1.50. The van der Waals surface area contributed by atoms with E-state index in [4.69, 9.17) is 0 Å². The van der Waals surface area contributed by atoms with Gasteiger partial charge in [0.1, 0.15) is 0 Å². The average molecular weight is 205 g/mol. The van der Waals surface area contributed by atoms with E-state index < -0.39 is 0 Å². The number of aliphatic hydroxyl groups excluding tert-OH is 1. The van der Waals surface area contributed by atoms with Gasteiger partial charge in [0.25, 0.3) is 5.56 Å². The largest absolute Gasteiger partial charge is 0.512 e. The summed E-state index contributed by atoms with van der Waals surface area (Å²) in [4.78, 5) is 11.5. The molecule has 0 saturated carbocycles. The highest BCUT2D eigenvalue weighted by Crippen LogP contribution is 2.17. The van der Waals surface area contributed by atoms with Crippen LogP contribution in [0.25, 0.3) is 5.57 Å². The number of hydrogen-bond donors (Lipinski definition) is 1. The third-order valence-corrected chi connectivity index (χ3v) is 2.27. The maximum absolute atomic E-state index is 11.5. The van der Waals surface area contributed by atoms with Crippen molar-refractivity contribution in [3.63, 3.8) is 0 Å². The van der Waals surface area contributed by atoms with Crippen LogP contribution >= 0.6 is 0 Å². The second-order valence-corrected chi connectivity index (χ2v) is 3.53. The molecular weight excluding hydrogens is 190 g/mol. The molecule has 0 amide bonds. The van der Waals surface area contributed by atoms with Crippen LogP contribution in [0.4, 0.5) is 0 Å². The van der Waals surface area contributed by atoms with Gasteiger partial charge in [0.2, 0.25) is 0 Å². The lowest BCUT2D eigenvalue weighted by molar-refractivity contribution is 0.417. The minimum atomic E-state index is -0.0299. The van der Waals surface area contributed by atoms with Crippen molar-refractivity contribution in [3.8, 4) is 0 Å². The third-order valence-electron chi connectivity index (χ3n) is 2.27. The van der Waals surface area contributed by atoms with E-state index >= 15 is 0 Å². The van der Waals surface area contributed by atoms with Crippen molar-refractivity contribution in [2.75, 3.05) is 0 Å². The summed E-state index contributed by atoms with van der Waals surface area (Å²) in [5, 5.41) is 9.44. The van der Waals surface area contributed by atoms with Gasteiger partial charge >= 0.3 is 0 Å². The highest BCUT2D eigenvalue weighted by molar-refractivity contribution is 5.74. The zero-order chi connectivity index (χ0) is 11.6. The number of hydrogen-bond acceptors (Lipinski definition) is 2. The van der Waals surface area contributed by atoms with E-state index in [1.54, 1.807) is 39.2 Å². The fourth-order valence-electron chi connectivity index (χ4n) is 1.50. The smallest absolute Gasteiger partial charge is 0.253 e. The molecule has 0 fully saturated rings. The second kappa shape index (κ2) is 4.17. The van der Waals surface area contributed by atoms with Crippen LogP contribution in [0.1, 0.15) is 18.1 Å². The molecule has 1 rings (SSSR count). The van der Waals surface area contributed by atoms with Crippen LogP contribution in [0.2, 0.25) is 0 Å². The molecule has 1 aromatic heterocycles. The molecule has 0 spiro atoms. The van der Waals surface area contributed by atoms with Crippen LogP contribution in [-0.4, -0.2) is 9.67 Å². The summed E-state index contributed by atoms with van der Waals surface area (Å²) in [7, 11) is 1.69. The van der Waals surface area contributed by atoms with Gasteiger partial charge in [-0.1, -0.05) is 12.7 Å². The molecule has 1 aromatic rings. The van der Waals surface area contributed by atoms with Gasteiger partial charge in [-0.15, -0.1) is 0 Å². The van der Waals surface area contributed by atoms with Gasteiger partial charge in [-0.3, -0.25) is 4.79 Å². The quantitative estimate of drug-likeness (QED) is 0.594. The van der Waals surface area contributed by atoms with Gasteiger partial charge in [0.05, 0.1) is 5.76 Å². The van der Waals surface area contributed by atoms with Crippen molar-refractivity contribution in [1.82, 2.24) is 4.57 Å². The van der Waals surface area contributed by atoms with Gasteiger partial charge in [-0.25, -0.2) is 0 Å². The standard InChI is InChI=1S/C12H15NO2/c1-5-11(9(3)14)10-6-8(2)12(15)13(4)7-10/h5-7,14H,1H2,2-4H3/b11-9-. The first kappa shape index (κ1) is 11.3. The lowest BCUT2D eigenvalue weighted by Gasteiger charge is -2.07. The Balaban J connectivity index is 3.47. The number of aliphatic hydroxyl groups is 1. The molecule has 0 radical (unpaired) electrons. The SMILES string of the molecule is C=C/C(=C(\C)O)c1cc(C)c(=O)n(C)c1. The van der Waals surface area contributed by atoms with E-state index in [9.17, 15) is 9.90 Å². The second-order valence-electron chi connectivity index (χ2n) is 3.53. The van der Waals surface area contributed by atoms with Crippen LogP contribution in [0.15, 0.2) is 35.5 Å². The van der Waals surface area contributed by atoms with Crippen molar-refractivity contribution in [2.24, 2.45) is 7.05 Å². The molecule has 0 unspecified atom stereocenters. The maximum Gasteiger partial charge on any atom is 0.253 e. The highest BCUT2D eigenvalue weighted by atomic mass is 16.3. The molecule has 0 bridgehead atoms. The average Bonchev–Trinajstić information content (AvgIpc) is 2.14. The van der Waals surface area contributed by atoms with E-state index in [2.05, 4.69) is 6.58 Å². The Hall–Kier alpha value is -1.77. The molecular formula is C12H15NO2. The van der Waals surface area contributed by atoms with Crippen molar-refractivity contribution in [2.45, 2.75) is 13.8 Å². The number of rotatable bonds is 2. The molecule has 0 aromatic carbocycles. The Labute approximate surface area is 89.0 Å². The number of aromatic nitrogens is 1. The van der Waals surface area contributed by atoms with Crippen LogP contribution < -0.4 is 5.56 Å². The summed E-state index contributed by atoms with van der Waals surface area (Å²) in [6.45, 7) is 6.98. The summed E-state index contributed by atoms with van der Waals surface area (Å²) < 4.78 is 1.50. The van der Waals surface area contributed by atoms with Crippen LogP contribution in [0, 0.1) is 6.92 Å². The molecule has 0 saturated heterocycles. The number of aryl methyl sites for hydroxylation is 2. The van der Waals surface area contributed by atoms with Gasteiger partial charge in [-0.2, -0.15) is 0 Å². The fraction of sp³-hybridized carbons (Fsp3) is 0.250. The first-order valence-corrected chi connectivity index (χ1v) is 4.67. The van der Waals surface area contributed by atoms with Crippen molar-refractivity contribution in [3.05, 3.63) is 52.2 Å². The zero-order valence-corrected chi connectivity index (χ0v) is 9.24. The summed E-state index contributed by atoms with van der Waals surface area (Å²) in [6.07, 6.45) is 3.26. The van der Waals surface area contributed by atoms with Crippen molar-refractivity contribution < 1.29 is 5.11 Å². The van der Waals surface area contributed by atoms with Gasteiger partial charge in [0, 0.05) is 29.9 Å². The minimum Gasteiger partial charge on any atom is -0.512 e. The Morgan fingerprint density at radius 2 is 2.20 bits per heavy atom. The van der Waals surface area contributed by atoms with Crippen molar-refractivity contribution in [1.29, 1.82) is 0 Å². The Kier molecular flexibility index (Phi) is 3.14. The summed E-state index contributed by atoms with van der Waals surface area (Å²) in [5.41, 5.74) is 2.06.